The number of aromatic nitrogens is 1. The van der Waals surface area contributed by atoms with Crippen LogP contribution in [0.5, 0.6) is 11.6 Å². The zero-order valence-electron chi connectivity index (χ0n) is 9.23. The van der Waals surface area contributed by atoms with E-state index in [1.54, 1.807) is 18.2 Å². The second-order valence-corrected chi connectivity index (χ2v) is 4.65. The maximum Gasteiger partial charge on any atom is 0.335 e. The van der Waals surface area contributed by atoms with Crippen LogP contribution >= 0.6 is 34.8 Å². The topological polar surface area (TPSA) is 59.4 Å². The first kappa shape index (κ1) is 13.9. The van der Waals surface area contributed by atoms with E-state index in [2.05, 4.69) is 4.98 Å². The molecule has 0 saturated heterocycles. The monoisotopic (exact) mass is 317 g/mol. The summed E-state index contributed by atoms with van der Waals surface area (Å²) in [4.78, 5) is 14.8. The normalized spacial score (nSPS) is 10.3. The molecule has 0 saturated carbocycles. The fourth-order valence-electron chi connectivity index (χ4n) is 1.32. The van der Waals surface area contributed by atoms with E-state index in [1.807, 2.05) is 0 Å². The largest absolute Gasteiger partial charge is 0.478 e. The van der Waals surface area contributed by atoms with Gasteiger partial charge in [-0.25, -0.2) is 9.78 Å². The smallest absolute Gasteiger partial charge is 0.335 e. The number of nitrogens with zero attached hydrogens (tertiary/aromatic N) is 1. The van der Waals surface area contributed by atoms with E-state index in [-0.39, 0.29) is 27.4 Å². The molecule has 19 heavy (non-hydrogen) atoms. The van der Waals surface area contributed by atoms with Crippen molar-refractivity contribution in [1.29, 1.82) is 0 Å². The molecule has 0 aliphatic heterocycles. The Kier molecular flexibility index (Phi) is 4.14. The molecule has 1 N–H and O–H groups in total. The number of carboxylic acids is 1. The van der Waals surface area contributed by atoms with Crippen molar-refractivity contribution in [3.8, 4) is 11.6 Å². The summed E-state index contributed by atoms with van der Waals surface area (Å²) in [6.45, 7) is 0. The Morgan fingerprint density at radius 1 is 1.21 bits per heavy atom. The maximum atomic E-state index is 10.9. The van der Waals surface area contributed by atoms with Crippen LogP contribution in [0.15, 0.2) is 30.3 Å². The molecule has 0 amide bonds. The zero-order chi connectivity index (χ0) is 14.0. The number of hydrogen-bond acceptors (Lipinski definition) is 3. The number of halogens is 3. The van der Waals surface area contributed by atoms with Crippen molar-refractivity contribution in [3.05, 3.63) is 51.1 Å². The number of benzene rings is 1. The molecule has 1 aromatic heterocycles. The minimum atomic E-state index is -1.13. The van der Waals surface area contributed by atoms with Crippen LogP contribution in [0.2, 0.25) is 15.2 Å². The predicted octanol–water partition coefficient (Wildman–Crippen LogP) is 4.53. The van der Waals surface area contributed by atoms with E-state index in [0.717, 1.165) is 0 Å². The highest BCUT2D eigenvalue weighted by atomic mass is 35.5. The molecule has 0 aliphatic carbocycles. The van der Waals surface area contributed by atoms with E-state index < -0.39 is 5.97 Å². The number of hydrogen-bond donors (Lipinski definition) is 1. The van der Waals surface area contributed by atoms with Gasteiger partial charge in [0.05, 0.1) is 10.6 Å². The molecule has 0 fully saturated rings. The fourth-order valence-corrected chi connectivity index (χ4v) is 1.86. The van der Waals surface area contributed by atoms with Crippen molar-refractivity contribution < 1.29 is 14.6 Å². The molecule has 4 nitrogen and oxygen atoms in total. The molecule has 0 bridgehead atoms. The maximum absolute atomic E-state index is 10.9. The lowest BCUT2D eigenvalue weighted by molar-refractivity contribution is 0.0696. The van der Waals surface area contributed by atoms with Gasteiger partial charge in [-0.2, -0.15) is 0 Å². The molecule has 1 aromatic carbocycles. The molecule has 0 aliphatic rings. The second-order valence-electron chi connectivity index (χ2n) is 3.48. The summed E-state index contributed by atoms with van der Waals surface area (Å²) in [7, 11) is 0. The lowest BCUT2D eigenvalue weighted by atomic mass is 10.3. The van der Waals surface area contributed by atoms with Crippen LogP contribution in [0.1, 0.15) is 10.4 Å². The van der Waals surface area contributed by atoms with Gasteiger partial charge in [-0.1, -0.05) is 40.9 Å². The van der Waals surface area contributed by atoms with Gasteiger partial charge in [0.15, 0.2) is 0 Å². The summed E-state index contributed by atoms with van der Waals surface area (Å²) in [5.41, 5.74) is -0.0341. The SMILES string of the molecule is O=C(O)c1cc(Cl)nc(Oc2cccc(Cl)c2Cl)c1. The summed E-state index contributed by atoms with van der Waals surface area (Å²) in [6, 6.07) is 7.29. The van der Waals surface area contributed by atoms with Gasteiger partial charge in [-0.3, -0.25) is 0 Å². The van der Waals surface area contributed by atoms with Crippen LogP contribution in [0.25, 0.3) is 0 Å². The fraction of sp³-hybridized carbons (Fsp3) is 0. The molecule has 98 valence electrons. The number of carbonyl (C=O) groups is 1. The molecule has 7 heteroatoms. The van der Waals surface area contributed by atoms with Gasteiger partial charge in [-0.15, -0.1) is 0 Å². The third-order valence-electron chi connectivity index (χ3n) is 2.15. The summed E-state index contributed by atoms with van der Waals surface area (Å²) < 4.78 is 5.39. The van der Waals surface area contributed by atoms with Gasteiger partial charge in [0.1, 0.15) is 15.9 Å². The van der Waals surface area contributed by atoms with E-state index in [9.17, 15) is 4.79 Å². The van der Waals surface area contributed by atoms with Crippen molar-refractivity contribution in [1.82, 2.24) is 4.98 Å². The van der Waals surface area contributed by atoms with Crippen molar-refractivity contribution in [2.45, 2.75) is 0 Å². The Hall–Kier alpha value is -1.49. The first-order chi connectivity index (χ1) is 8.97. The number of rotatable bonds is 3. The second kappa shape index (κ2) is 5.65. The molecular formula is C12H6Cl3NO3. The number of pyridine rings is 1. The Morgan fingerprint density at radius 2 is 1.95 bits per heavy atom. The first-order valence-electron chi connectivity index (χ1n) is 5.00. The Labute approximate surface area is 123 Å². The molecule has 0 radical (unpaired) electrons. The van der Waals surface area contributed by atoms with Crippen LogP contribution in [0.4, 0.5) is 0 Å². The van der Waals surface area contributed by atoms with Crippen LogP contribution in [-0.4, -0.2) is 16.1 Å². The van der Waals surface area contributed by atoms with Crippen LogP contribution in [0.3, 0.4) is 0 Å². The van der Waals surface area contributed by atoms with Crippen LogP contribution in [0, 0.1) is 0 Å². The molecule has 2 rings (SSSR count). The third-order valence-corrected chi connectivity index (χ3v) is 3.14. The molecule has 2 aromatic rings. The molecule has 0 unspecified atom stereocenters. The van der Waals surface area contributed by atoms with Crippen molar-refractivity contribution in [2.24, 2.45) is 0 Å². The zero-order valence-corrected chi connectivity index (χ0v) is 11.5. The summed E-state index contributed by atoms with van der Waals surface area (Å²) in [5.74, 6) is -0.847. The lowest BCUT2D eigenvalue weighted by Crippen LogP contribution is -1.98. The number of aromatic carboxylic acids is 1. The Balaban J connectivity index is 2.38. The van der Waals surface area contributed by atoms with Gasteiger partial charge < -0.3 is 9.84 Å². The number of ether oxygens (including phenoxy) is 1. The summed E-state index contributed by atoms with van der Waals surface area (Å²) in [5, 5.41) is 9.45. The van der Waals surface area contributed by atoms with E-state index >= 15 is 0 Å². The molecular weight excluding hydrogens is 312 g/mol. The predicted molar refractivity (Wildman–Crippen MR) is 72.7 cm³/mol. The Morgan fingerprint density at radius 3 is 2.63 bits per heavy atom. The summed E-state index contributed by atoms with van der Waals surface area (Å²) in [6.07, 6.45) is 0. The quantitative estimate of drug-likeness (QED) is 0.844. The van der Waals surface area contributed by atoms with Crippen LogP contribution in [-0.2, 0) is 0 Å². The van der Waals surface area contributed by atoms with Gasteiger partial charge in [0.2, 0.25) is 5.88 Å². The standard InChI is InChI=1S/C12H6Cl3NO3/c13-7-2-1-3-8(11(7)15)19-10-5-6(12(17)18)4-9(14)16-10/h1-5H,(H,17,18). The highest BCUT2D eigenvalue weighted by Crippen LogP contribution is 2.34. The molecule has 0 atom stereocenters. The summed E-state index contributed by atoms with van der Waals surface area (Å²) >= 11 is 17.5. The minimum Gasteiger partial charge on any atom is -0.478 e. The van der Waals surface area contributed by atoms with E-state index in [1.165, 1.54) is 12.1 Å². The number of carboxylic acid groups (broad SMARTS) is 1. The molecule has 1 heterocycles. The van der Waals surface area contributed by atoms with E-state index in [0.29, 0.717) is 5.02 Å². The molecule has 0 spiro atoms. The van der Waals surface area contributed by atoms with Gasteiger partial charge in [0.25, 0.3) is 0 Å². The Bertz CT molecular complexity index is 646. The van der Waals surface area contributed by atoms with Gasteiger partial charge in [0, 0.05) is 6.07 Å². The first-order valence-corrected chi connectivity index (χ1v) is 6.13. The van der Waals surface area contributed by atoms with Crippen molar-refractivity contribution in [3.63, 3.8) is 0 Å². The van der Waals surface area contributed by atoms with Crippen molar-refractivity contribution >= 4 is 40.8 Å². The highest BCUT2D eigenvalue weighted by molar-refractivity contribution is 6.42. The highest BCUT2D eigenvalue weighted by Gasteiger charge is 2.11. The lowest BCUT2D eigenvalue weighted by Gasteiger charge is -2.08. The third kappa shape index (κ3) is 3.29. The van der Waals surface area contributed by atoms with Gasteiger partial charge >= 0.3 is 5.97 Å². The van der Waals surface area contributed by atoms with E-state index in [4.69, 9.17) is 44.6 Å². The average molecular weight is 319 g/mol. The van der Waals surface area contributed by atoms with Crippen molar-refractivity contribution in [2.75, 3.05) is 0 Å². The average Bonchev–Trinajstić information content (AvgIpc) is 2.34. The van der Waals surface area contributed by atoms with Gasteiger partial charge in [-0.05, 0) is 18.2 Å². The minimum absolute atomic E-state index is 0.00745. The van der Waals surface area contributed by atoms with Crippen LogP contribution < -0.4 is 4.74 Å².